The van der Waals surface area contributed by atoms with Crippen molar-refractivity contribution < 1.29 is 9.76 Å². The van der Waals surface area contributed by atoms with Crippen molar-refractivity contribution in [1.82, 2.24) is 4.90 Å². The summed E-state index contributed by atoms with van der Waals surface area (Å²) in [4.78, 5) is 18.7. The summed E-state index contributed by atoms with van der Waals surface area (Å²) in [5.41, 5.74) is 2.92. The maximum atomic E-state index is 10.9. The molecule has 25 heavy (non-hydrogen) atoms. The summed E-state index contributed by atoms with van der Waals surface area (Å²) in [6, 6.07) is 16.7. The molecule has 128 valence electrons. The van der Waals surface area contributed by atoms with Crippen LogP contribution in [0.3, 0.4) is 0 Å². The van der Waals surface area contributed by atoms with Gasteiger partial charge in [-0.15, -0.1) is 0 Å². The molecule has 2 aromatic carbocycles. The summed E-state index contributed by atoms with van der Waals surface area (Å²) in [6.07, 6.45) is 2.23. The van der Waals surface area contributed by atoms with E-state index in [2.05, 4.69) is 22.2 Å². The van der Waals surface area contributed by atoms with Crippen LogP contribution in [-0.2, 0) is 4.84 Å². The Labute approximate surface area is 145 Å². The molecule has 2 atom stereocenters. The standard InChI is InChI=1S/C19H19N3O3/c23-22(24)16-10-8-15(9-11-16)18-17(14-6-2-1-3-7-14)19(25-20-18)21-12-4-5-13-21/h1-3,6-11,17,19H,4-5,12-13H2/t17-,19-/m0/s1. The molecule has 2 aliphatic heterocycles. The maximum absolute atomic E-state index is 10.9. The van der Waals surface area contributed by atoms with Crippen LogP contribution in [-0.4, -0.2) is 34.9 Å². The van der Waals surface area contributed by atoms with E-state index in [4.69, 9.17) is 4.84 Å². The molecule has 6 nitrogen and oxygen atoms in total. The van der Waals surface area contributed by atoms with Crippen LogP contribution in [0.2, 0.25) is 0 Å². The number of rotatable bonds is 4. The van der Waals surface area contributed by atoms with Crippen molar-refractivity contribution in [3.8, 4) is 0 Å². The summed E-state index contributed by atoms with van der Waals surface area (Å²) in [7, 11) is 0. The van der Waals surface area contributed by atoms with E-state index in [-0.39, 0.29) is 17.8 Å². The minimum atomic E-state index is -0.390. The number of oxime groups is 1. The number of hydrogen-bond acceptors (Lipinski definition) is 5. The highest BCUT2D eigenvalue weighted by molar-refractivity contribution is 6.06. The first-order valence-electron chi connectivity index (χ1n) is 8.51. The number of likely N-dealkylation sites (tertiary alicyclic amines) is 1. The fourth-order valence-corrected chi connectivity index (χ4v) is 3.61. The van der Waals surface area contributed by atoms with Gasteiger partial charge in [-0.3, -0.25) is 15.0 Å². The van der Waals surface area contributed by atoms with E-state index in [1.807, 2.05) is 18.2 Å². The van der Waals surface area contributed by atoms with Crippen molar-refractivity contribution in [2.24, 2.45) is 5.16 Å². The zero-order valence-corrected chi connectivity index (χ0v) is 13.7. The molecular weight excluding hydrogens is 318 g/mol. The van der Waals surface area contributed by atoms with Gasteiger partial charge in [0, 0.05) is 30.8 Å². The third-order valence-corrected chi connectivity index (χ3v) is 4.87. The van der Waals surface area contributed by atoms with Gasteiger partial charge in [-0.2, -0.15) is 0 Å². The number of non-ortho nitro benzene ring substituents is 1. The third-order valence-electron chi connectivity index (χ3n) is 4.87. The Bertz CT molecular complexity index is 783. The van der Waals surface area contributed by atoms with Crippen LogP contribution in [0.4, 0.5) is 5.69 Å². The normalized spacial score (nSPS) is 23.3. The van der Waals surface area contributed by atoms with Gasteiger partial charge in [-0.25, -0.2) is 0 Å². The number of nitro groups is 1. The molecule has 4 rings (SSSR count). The Morgan fingerprint density at radius 3 is 2.36 bits per heavy atom. The van der Waals surface area contributed by atoms with E-state index in [9.17, 15) is 10.1 Å². The fraction of sp³-hybridized carbons (Fsp3) is 0.316. The maximum Gasteiger partial charge on any atom is 0.269 e. The fourth-order valence-electron chi connectivity index (χ4n) is 3.61. The lowest BCUT2D eigenvalue weighted by atomic mass is 9.88. The molecule has 2 aromatic rings. The molecule has 2 aliphatic rings. The number of nitrogens with zero attached hydrogens (tertiary/aromatic N) is 3. The van der Waals surface area contributed by atoms with Crippen molar-refractivity contribution in [3.05, 3.63) is 75.8 Å². The van der Waals surface area contributed by atoms with Gasteiger partial charge >= 0.3 is 0 Å². The number of hydrogen-bond donors (Lipinski definition) is 0. The smallest absolute Gasteiger partial charge is 0.269 e. The Balaban J connectivity index is 1.69. The molecular formula is C19H19N3O3. The van der Waals surface area contributed by atoms with Gasteiger partial charge in [0.15, 0.2) is 6.23 Å². The lowest BCUT2D eigenvalue weighted by Gasteiger charge is -2.27. The highest BCUT2D eigenvalue weighted by atomic mass is 16.7. The average molecular weight is 337 g/mol. The monoisotopic (exact) mass is 337 g/mol. The minimum absolute atomic E-state index is 0.000700. The highest BCUT2D eigenvalue weighted by Gasteiger charge is 2.40. The predicted octanol–water partition coefficient (Wildman–Crippen LogP) is 3.53. The van der Waals surface area contributed by atoms with Gasteiger partial charge in [0.1, 0.15) is 0 Å². The van der Waals surface area contributed by atoms with E-state index in [0.717, 1.165) is 29.9 Å². The van der Waals surface area contributed by atoms with Gasteiger partial charge in [0.05, 0.1) is 16.6 Å². The molecule has 0 radical (unpaired) electrons. The number of benzene rings is 2. The molecule has 0 spiro atoms. The first-order valence-corrected chi connectivity index (χ1v) is 8.51. The molecule has 0 amide bonds. The Morgan fingerprint density at radius 1 is 1.04 bits per heavy atom. The lowest BCUT2D eigenvalue weighted by molar-refractivity contribution is -0.384. The Hall–Kier alpha value is -2.73. The van der Waals surface area contributed by atoms with Crippen LogP contribution in [0.15, 0.2) is 59.8 Å². The SMILES string of the molecule is O=[N+]([O-])c1ccc(C2=NO[C@H](N3CCCC3)[C@H]2c2ccccc2)cc1. The van der Waals surface area contributed by atoms with Crippen molar-refractivity contribution in [2.75, 3.05) is 13.1 Å². The quantitative estimate of drug-likeness (QED) is 0.632. The first kappa shape index (κ1) is 15.8. The summed E-state index contributed by atoms with van der Waals surface area (Å²) in [5, 5.41) is 15.3. The molecule has 0 bridgehead atoms. The topological polar surface area (TPSA) is 68.0 Å². The van der Waals surface area contributed by atoms with Gasteiger partial charge < -0.3 is 4.84 Å². The molecule has 0 unspecified atom stereocenters. The van der Waals surface area contributed by atoms with Crippen LogP contribution >= 0.6 is 0 Å². The van der Waals surface area contributed by atoms with Crippen LogP contribution < -0.4 is 0 Å². The van der Waals surface area contributed by atoms with Crippen LogP contribution in [0.5, 0.6) is 0 Å². The predicted molar refractivity (Wildman–Crippen MR) is 94.5 cm³/mol. The third kappa shape index (κ3) is 3.00. The number of nitro benzene ring substituents is 1. The van der Waals surface area contributed by atoms with Crippen molar-refractivity contribution in [2.45, 2.75) is 25.0 Å². The largest absolute Gasteiger partial charge is 0.375 e. The second kappa shape index (κ2) is 6.64. The summed E-state index contributed by atoms with van der Waals surface area (Å²) in [5.74, 6) is 0.000700. The van der Waals surface area contributed by atoms with Gasteiger partial charge in [-0.1, -0.05) is 35.5 Å². The summed E-state index contributed by atoms with van der Waals surface area (Å²) >= 11 is 0. The summed E-state index contributed by atoms with van der Waals surface area (Å²) in [6.45, 7) is 2.02. The highest BCUT2D eigenvalue weighted by Crippen LogP contribution is 2.35. The van der Waals surface area contributed by atoms with Crippen LogP contribution in [0.25, 0.3) is 0 Å². The molecule has 1 saturated heterocycles. The molecule has 6 heteroatoms. The Morgan fingerprint density at radius 2 is 1.72 bits per heavy atom. The van der Waals surface area contributed by atoms with E-state index in [1.165, 1.54) is 25.0 Å². The van der Waals surface area contributed by atoms with Crippen LogP contribution in [0, 0.1) is 10.1 Å². The summed E-state index contributed by atoms with van der Waals surface area (Å²) < 4.78 is 0. The van der Waals surface area contributed by atoms with Gasteiger partial charge in [0.2, 0.25) is 0 Å². The van der Waals surface area contributed by atoms with Crippen molar-refractivity contribution in [3.63, 3.8) is 0 Å². The van der Waals surface area contributed by atoms with Gasteiger partial charge in [0.25, 0.3) is 5.69 Å². The van der Waals surface area contributed by atoms with E-state index in [1.54, 1.807) is 12.1 Å². The van der Waals surface area contributed by atoms with Crippen molar-refractivity contribution in [1.29, 1.82) is 0 Å². The first-order chi connectivity index (χ1) is 12.2. The molecule has 0 aliphatic carbocycles. The molecule has 0 saturated carbocycles. The van der Waals surface area contributed by atoms with Crippen LogP contribution in [0.1, 0.15) is 29.9 Å². The van der Waals surface area contributed by atoms with E-state index < -0.39 is 4.92 Å². The lowest BCUT2D eigenvalue weighted by Crippen LogP contribution is -2.38. The van der Waals surface area contributed by atoms with E-state index >= 15 is 0 Å². The average Bonchev–Trinajstić information content (AvgIpc) is 3.32. The second-order valence-electron chi connectivity index (χ2n) is 6.41. The molecule has 1 fully saturated rings. The molecule has 0 N–H and O–H groups in total. The second-order valence-corrected chi connectivity index (χ2v) is 6.41. The molecule has 0 aromatic heterocycles. The minimum Gasteiger partial charge on any atom is -0.375 e. The molecule has 2 heterocycles. The van der Waals surface area contributed by atoms with E-state index in [0.29, 0.717) is 0 Å². The zero-order valence-electron chi connectivity index (χ0n) is 13.7. The van der Waals surface area contributed by atoms with Gasteiger partial charge in [-0.05, 0) is 30.5 Å². The Kier molecular flexibility index (Phi) is 4.19. The zero-order chi connectivity index (χ0) is 17.2. The van der Waals surface area contributed by atoms with Crippen molar-refractivity contribution >= 4 is 11.4 Å².